The van der Waals surface area contributed by atoms with Crippen LogP contribution in [0.25, 0.3) is 0 Å². The zero-order chi connectivity index (χ0) is 12.7. The van der Waals surface area contributed by atoms with E-state index in [1.807, 2.05) is 0 Å². The standard InChI is InChI=1S/C4Cl10O/c5-1(6,7)3(11,12)15-4(13,14)2(8,9)10. The van der Waals surface area contributed by atoms with Crippen LogP contribution >= 0.6 is 116 Å². The van der Waals surface area contributed by atoms with Crippen LogP contribution in [0, 0.1) is 0 Å². The van der Waals surface area contributed by atoms with Crippen LogP contribution in [0.3, 0.4) is 0 Å². The zero-order valence-electron chi connectivity index (χ0n) is 6.19. The van der Waals surface area contributed by atoms with Crippen molar-refractivity contribution in [3.63, 3.8) is 0 Å². The van der Waals surface area contributed by atoms with Gasteiger partial charge in [-0.1, -0.05) is 116 Å². The van der Waals surface area contributed by atoms with Crippen molar-refractivity contribution >= 4 is 116 Å². The van der Waals surface area contributed by atoms with E-state index in [0.717, 1.165) is 0 Å². The number of rotatable bonds is 2. The molecule has 0 radical (unpaired) electrons. The topological polar surface area (TPSA) is 9.23 Å². The van der Waals surface area contributed by atoms with Gasteiger partial charge in [-0.25, -0.2) is 0 Å². The summed E-state index contributed by atoms with van der Waals surface area (Å²) in [5, 5.41) is 0. The van der Waals surface area contributed by atoms with Crippen LogP contribution in [-0.4, -0.2) is 16.6 Å². The number of hydrogen-bond acceptors (Lipinski definition) is 1. The highest BCUT2D eigenvalue weighted by atomic mass is 35.6. The quantitative estimate of drug-likeness (QED) is 0.499. The van der Waals surface area contributed by atoms with Crippen LogP contribution in [0.5, 0.6) is 0 Å². The third-order valence-corrected chi connectivity index (χ3v) is 5.12. The second-order valence-corrected chi connectivity index (χ2v) is 9.21. The Morgan fingerprint density at radius 3 is 0.800 bits per heavy atom. The van der Waals surface area contributed by atoms with Crippen molar-refractivity contribution in [2.24, 2.45) is 0 Å². The van der Waals surface area contributed by atoms with Gasteiger partial charge in [0.25, 0.3) is 9.04 Å². The summed E-state index contributed by atoms with van der Waals surface area (Å²) in [5.74, 6) is 0. The van der Waals surface area contributed by atoms with E-state index in [9.17, 15) is 0 Å². The Morgan fingerprint density at radius 1 is 0.467 bits per heavy atom. The second kappa shape index (κ2) is 5.46. The van der Waals surface area contributed by atoms with Crippen molar-refractivity contribution in [1.29, 1.82) is 0 Å². The molecule has 15 heavy (non-hydrogen) atoms. The highest BCUT2D eigenvalue weighted by Gasteiger charge is 2.58. The lowest BCUT2D eigenvalue weighted by Crippen LogP contribution is -2.45. The lowest BCUT2D eigenvalue weighted by Gasteiger charge is -2.35. The summed E-state index contributed by atoms with van der Waals surface area (Å²) in [7, 11) is 0. The van der Waals surface area contributed by atoms with E-state index in [1.165, 1.54) is 0 Å². The van der Waals surface area contributed by atoms with Gasteiger partial charge in [0.05, 0.1) is 0 Å². The molecule has 1 nitrogen and oxygen atoms in total. The van der Waals surface area contributed by atoms with E-state index in [1.54, 1.807) is 0 Å². The SMILES string of the molecule is ClC(Cl)(Cl)C(Cl)(Cl)OC(Cl)(Cl)C(Cl)(Cl)Cl. The predicted octanol–water partition coefficient (Wildman–Crippen LogP) is 6.01. The largest absolute Gasteiger partial charge is 0.303 e. The lowest BCUT2D eigenvalue weighted by molar-refractivity contribution is 0.0324. The Morgan fingerprint density at radius 2 is 0.667 bits per heavy atom. The maximum absolute atomic E-state index is 5.51. The molecule has 0 N–H and O–H groups in total. The summed E-state index contributed by atoms with van der Waals surface area (Å²) in [5.41, 5.74) is 0. The predicted molar refractivity (Wildman–Crippen MR) is 70.5 cm³/mol. The molecule has 0 unspecified atom stereocenters. The minimum Gasteiger partial charge on any atom is -0.303 e. The highest BCUT2D eigenvalue weighted by molar-refractivity contribution is 6.76. The summed E-state index contributed by atoms with van der Waals surface area (Å²) in [4.78, 5) is 0. The maximum Gasteiger partial charge on any atom is 0.268 e. The summed E-state index contributed by atoms with van der Waals surface area (Å²) < 4.78 is -4.67. The number of alkyl halides is 10. The van der Waals surface area contributed by atoms with Gasteiger partial charge >= 0.3 is 0 Å². The minimum atomic E-state index is -2.40. The van der Waals surface area contributed by atoms with Gasteiger partial charge in [-0.05, 0) is 0 Å². The molecule has 0 saturated carbocycles. The molecule has 0 aromatic rings. The average molecular weight is 419 g/mol. The third kappa shape index (κ3) is 5.16. The first-order valence-electron chi connectivity index (χ1n) is 2.80. The molecule has 0 atom stereocenters. The molecular formula is C4Cl10O. The summed E-state index contributed by atoms with van der Waals surface area (Å²) >= 11 is 54.3. The fourth-order valence-corrected chi connectivity index (χ4v) is 1.13. The van der Waals surface area contributed by atoms with Gasteiger partial charge in [-0.3, -0.25) is 0 Å². The Balaban J connectivity index is 4.89. The van der Waals surface area contributed by atoms with E-state index in [2.05, 4.69) is 4.74 Å². The van der Waals surface area contributed by atoms with Crippen molar-refractivity contribution in [3.8, 4) is 0 Å². The van der Waals surface area contributed by atoms with Crippen molar-refractivity contribution in [3.05, 3.63) is 0 Å². The van der Waals surface area contributed by atoms with Gasteiger partial charge in [0.2, 0.25) is 7.59 Å². The van der Waals surface area contributed by atoms with Crippen molar-refractivity contribution in [2.45, 2.75) is 16.6 Å². The fourth-order valence-electron chi connectivity index (χ4n) is 0.277. The third-order valence-electron chi connectivity index (χ3n) is 0.916. The molecule has 0 spiro atoms. The number of hydrogen-bond donors (Lipinski definition) is 0. The van der Waals surface area contributed by atoms with Crippen LogP contribution < -0.4 is 0 Å². The molecule has 0 fully saturated rings. The molecular weight excluding hydrogens is 419 g/mol. The van der Waals surface area contributed by atoms with Crippen LogP contribution in [0.15, 0.2) is 0 Å². The molecule has 0 bridgehead atoms. The van der Waals surface area contributed by atoms with Gasteiger partial charge in [0.15, 0.2) is 0 Å². The first-order valence-corrected chi connectivity index (χ1v) is 6.58. The Bertz CT molecular complexity index is 199. The Kier molecular flexibility index (Phi) is 6.51. The summed E-state index contributed by atoms with van der Waals surface area (Å²) in [6.45, 7) is 0. The normalized spacial score (nSPS) is 15.6. The van der Waals surface area contributed by atoms with E-state index >= 15 is 0 Å². The van der Waals surface area contributed by atoms with Crippen molar-refractivity contribution in [1.82, 2.24) is 0 Å². The van der Waals surface area contributed by atoms with Crippen LogP contribution in [0.2, 0.25) is 0 Å². The second-order valence-electron chi connectivity index (χ2n) is 2.13. The van der Waals surface area contributed by atoms with Gasteiger partial charge in [-0.2, -0.15) is 0 Å². The average Bonchev–Trinajstić information content (AvgIpc) is 1.77. The van der Waals surface area contributed by atoms with Gasteiger partial charge < -0.3 is 4.74 Å². The van der Waals surface area contributed by atoms with Crippen LogP contribution in [0.4, 0.5) is 0 Å². The highest BCUT2D eigenvalue weighted by Crippen LogP contribution is 2.55. The fraction of sp³-hybridized carbons (Fsp3) is 1.00. The monoisotopic (exact) mass is 414 g/mol. The summed E-state index contributed by atoms with van der Waals surface area (Å²) in [6.07, 6.45) is 0. The van der Waals surface area contributed by atoms with Crippen LogP contribution in [-0.2, 0) is 4.74 Å². The first-order chi connectivity index (χ1) is 6.21. The van der Waals surface area contributed by atoms with E-state index < -0.39 is 16.6 Å². The molecule has 92 valence electrons. The lowest BCUT2D eigenvalue weighted by atomic mass is 10.7. The molecule has 11 heteroatoms. The molecule has 0 aliphatic carbocycles. The molecule has 0 aliphatic heterocycles. The Labute approximate surface area is 136 Å². The first kappa shape index (κ1) is 17.9. The van der Waals surface area contributed by atoms with Gasteiger partial charge in [0.1, 0.15) is 0 Å². The Hall–Kier alpha value is 2.86. The summed E-state index contributed by atoms with van der Waals surface area (Å²) in [6, 6.07) is 0. The molecule has 0 saturated heterocycles. The van der Waals surface area contributed by atoms with Crippen molar-refractivity contribution < 1.29 is 4.74 Å². The molecule has 0 aromatic heterocycles. The smallest absolute Gasteiger partial charge is 0.268 e. The minimum absolute atomic E-state index is 2.25. The molecule has 0 aliphatic rings. The molecule has 0 amide bonds. The zero-order valence-corrected chi connectivity index (χ0v) is 13.7. The van der Waals surface area contributed by atoms with Gasteiger partial charge in [0, 0.05) is 0 Å². The van der Waals surface area contributed by atoms with E-state index in [4.69, 9.17) is 116 Å². The molecule has 0 rings (SSSR count). The van der Waals surface area contributed by atoms with E-state index in [0.29, 0.717) is 0 Å². The molecule has 0 aromatic carbocycles. The molecule has 0 heterocycles. The number of ether oxygens (including phenoxy) is 1. The number of halogens is 10. The maximum atomic E-state index is 5.51. The van der Waals surface area contributed by atoms with Crippen molar-refractivity contribution in [2.75, 3.05) is 0 Å². The van der Waals surface area contributed by atoms with Crippen LogP contribution in [0.1, 0.15) is 0 Å². The van der Waals surface area contributed by atoms with E-state index in [-0.39, 0.29) is 0 Å². The van der Waals surface area contributed by atoms with Gasteiger partial charge in [-0.15, -0.1) is 0 Å².